The monoisotopic (exact) mass is 284 g/mol. The molecule has 0 unspecified atom stereocenters. The third kappa shape index (κ3) is 2.33. The van der Waals surface area contributed by atoms with Crippen LogP contribution in [-0.4, -0.2) is 9.97 Å². The number of aromatic nitrogens is 2. The van der Waals surface area contributed by atoms with Crippen molar-refractivity contribution in [2.75, 3.05) is 0 Å². The van der Waals surface area contributed by atoms with Crippen LogP contribution >= 0.6 is 0 Å². The van der Waals surface area contributed by atoms with Gasteiger partial charge in [-0.1, -0.05) is 24.3 Å². The Balaban J connectivity index is 1.73. The molecule has 0 atom stereocenters. The lowest BCUT2D eigenvalue weighted by atomic mass is 10.0. The first-order valence-corrected chi connectivity index (χ1v) is 7.47. The predicted molar refractivity (Wildman–Crippen MR) is 91.0 cm³/mol. The van der Waals surface area contributed by atoms with Crippen molar-refractivity contribution in [1.29, 1.82) is 0 Å². The molecule has 0 aliphatic carbocycles. The number of nitrogens with zero attached hydrogens (tertiary/aromatic N) is 2. The molecule has 0 saturated heterocycles. The number of fused-ring (bicyclic) bond motifs is 2. The topological polar surface area (TPSA) is 25.8 Å². The fraction of sp³-hybridized carbons (Fsp3) is 0.100. The van der Waals surface area contributed by atoms with Crippen molar-refractivity contribution in [3.05, 3.63) is 83.7 Å². The highest BCUT2D eigenvalue weighted by atomic mass is 14.7. The van der Waals surface area contributed by atoms with E-state index in [-0.39, 0.29) is 0 Å². The summed E-state index contributed by atoms with van der Waals surface area (Å²) in [6.45, 7) is 2.13. The van der Waals surface area contributed by atoms with Crippen LogP contribution < -0.4 is 0 Å². The second-order valence-corrected chi connectivity index (χ2v) is 5.69. The smallest absolute Gasteiger partial charge is 0.0704 e. The molecule has 4 rings (SSSR count). The third-order valence-electron chi connectivity index (χ3n) is 4.08. The van der Waals surface area contributed by atoms with E-state index in [1.165, 1.54) is 27.5 Å². The third-order valence-corrected chi connectivity index (χ3v) is 4.08. The quantitative estimate of drug-likeness (QED) is 0.534. The van der Waals surface area contributed by atoms with Crippen LogP contribution in [0.15, 0.2) is 67.0 Å². The highest BCUT2D eigenvalue weighted by Crippen LogP contribution is 2.20. The van der Waals surface area contributed by atoms with Gasteiger partial charge in [-0.3, -0.25) is 9.97 Å². The van der Waals surface area contributed by atoms with Crippen molar-refractivity contribution in [3.63, 3.8) is 0 Å². The molecule has 2 aromatic carbocycles. The van der Waals surface area contributed by atoms with E-state index in [4.69, 9.17) is 0 Å². The minimum atomic E-state index is 0.891. The van der Waals surface area contributed by atoms with Crippen LogP contribution in [0.25, 0.3) is 21.8 Å². The number of rotatable bonds is 2. The zero-order valence-electron chi connectivity index (χ0n) is 12.5. The Bertz CT molecular complexity index is 973. The van der Waals surface area contributed by atoms with Gasteiger partial charge in [0.15, 0.2) is 0 Å². The molecule has 0 spiro atoms. The molecule has 0 aliphatic rings. The highest BCUT2D eigenvalue weighted by Gasteiger charge is 2.03. The minimum Gasteiger partial charge on any atom is -0.256 e. The van der Waals surface area contributed by atoms with E-state index in [0.29, 0.717) is 0 Å². The van der Waals surface area contributed by atoms with Crippen molar-refractivity contribution in [1.82, 2.24) is 9.97 Å². The average molecular weight is 284 g/mol. The summed E-state index contributed by atoms with van der Waals surface area (Å²) in [5.74, 6) is 0. The van der Waals surface area contributed by atoms with Gasteiger partial charge in [-0.15, -0.1) is 0 Å². The maximum absolute atomic E-state index is 4.59. The summed E-state index contributed by atoms with van der Waals surface area (Å²) in [7, 11) is 0. The van der Waals surface area contributed by atoms with E-state index >= 15 is 0 Å². The Morgan fingerprint density at radius 2 is 1.77 bits per heavy atom. The van der Waals surface area contributed by atoms with Gasteiger partial charge in [0.05, 0.1) is 11.0 Å². The lowest BCUT2D eigenvalue weighted by molar-refractivity contribution is 1.17. The first-order chi connectivity index (χ1) is 10.8. The fourth-order valence-corrected chi connectivity index (χ4v) is 2.91. The predicted octanol–water partition coefficient (Wildman–Crippen LogP) is 4.68. The Kier molecular flexibility index (Phi) is 3.08. The first-order valence-electron chi connectivity index (χ1n) is 7.47. The van der Waals surface area contributed by atoms with Crippen molar-refractivity contribution < 1.29 is 0 Å². The maximum atomic E-state index is 4.59. The molecule has 2 aromatic heterocycles. The second-order valence-electron chi connectivity index (χ2n) is 5.69. The Hall–Kier alpha value is -2.74. The number of aryl methyl sites for hydroxylation is 1. The van der Waals surface area contributed by atoms with Gasteiger partial charge in [0.2, 0.25) is 0 Å². The molecule has 2 heterocycles. The van der Waals surface area contributed by atoms with Crippen molar-refractivity contribution in [2.45, 2.75) is 13.3 Å². The molecule has 0 N–H and O–H groups in total. The molecular formula is C20H16N2. The summed E-state index contributed by atoms with van der Waals surface area (Å²) in [6, 6.07) is 19.0. The number of hydrogen-bond acceptors (Lipinski definition) is 2. The SMILES string of the molecule is Cc1cccc2ncc(Cc3ccc4ncccc4c3)cc12. The molecule has 0 fully saturated rings. The molecule has 2 heteroatoms. The molecule has 106 valence electrons. The van der Waals surface area contributed by atoms with Crippen LogP contribution in [0.1, 0.15) is 16.7 Å². The van der Waals surface area contributed by atoms with Crippen LogP contribution in [0.5, 0.6) is 0 Å². The van der Waals surface area contributed by atoms with Crippen LogP contribution in [0, 0.1) is 6.92 Å². The van der Waals surface area contributed by atoms with E-state index in [0.717, 1.165) is 17.5 Å². The molecule has 0 saturated carbocycles. The second kappa shape index (κ2) is 5.23. The maximum Gasteiger partial charge on any atom is 0.0704 e. The van der Waals surface area contributed by atoms with E-state index < -0.39 is 0 Å². The summed E-state index contributed by atoms with van der Waals surface area (Å²) in [5, 5.41) is 2.42. The van der Waals surface area contributed by atoms with Crippen molar-refractivity contribution in [2.24, 2.45) is 0 Å². The largest absolute Gasteiger partial charge is 0.256 e. The minimum absolute atomic E-state index is 0.891. The highest BCUT2D eigenvalue weighted by molar-refractivity contribution is 5.82. The number of hydrogen-bond donors (Lipinski definition) is 0. The summed E-state index contributed by atoms with van der Waals surface area (Å²) < 4.78 is 0. The summed E-state index contributed by atoms with van der Waals surface area (Å²) in [5.41, 5.74) is 5.90. The molecule has 4 aromatic rings. The molecule has 0 amide bonds. The Morgan fingerprint density at radius 3 is 2.73 bits per heavy atom. The van der Waals surface area contributed by atoms with Gasteiger partial charge < -0.3 is 0 Å². The average Bonchev–Trinajstić information content (AvgIpc) is 2.56. The van der Waals surface area contributed by atoms with Gasteiger partial charge in [-0.25, -0.2) is 0 Å². The molecule has 0 radical (unpaired) electrons. The lowest BCUT2D eigenvalue weighted by Gasteiger charge is -2.06. The number of pyridine rings is 2. The van der Waals surface area contributed by atoms with Gasteiger partial charge >= 0.3 is 0 Å². The summed E-state index contributed by atoms with van der Waals surface area (Å²) >= 11 is 0. The first kappa shape index (κ1) is 13.0. The van der Waals surface area contributed by atoms with E-state index in [1.54, 1.807) is 0 Å². The summed E-state index contributed by atoms with van der Waals surface area (Å²) in [4.78, 5) is 8.96. The van der Waals surface area contributed by atoms with Crippen molar-refractivity contribution in [3.8, 4) is 0 Å². The lowest BCUT2D eigenvalue weighted by Crippen LogP contribution is -1.92. The van der Waals surface area contributed by atoms with Crippen LogP contribution in [0.3, 0.4) is 0 Å². The molecule has 0 aliphatic heterocycles. The Morgan fingerprint density at radius 1 is 0.818 bits per heavy atom. The fourth-order valence-electron chi connectivity index (χ4n) is 2.91. The summed E-state index contributed by atoms with van der Waals surface area (Å²) in [6.07, 6.45) is 4.70. The normalized spacial score (nSPS) is 11.1. The van der Waals surface area contributed by atoms with E-state index in [2.05, 4.69) is 65.4 Å². The van der Waals surface area contributed by atoms with Gasteiger partial charge in [0.1, 0.15) is 0 Å². The van der Waals surface area contributed by atoms with Crippen molar-refractivity contribution >= 4 is 21.8 Å². The zero-order chi connectivity index (χ0) is 14.9. The zero-order valence-corrected chi connectivity index (χ0v) is 12.5. The molecule has 0 bridgehead atoms. The van der Waals surface area contributed by atoms with Crippen LogP contribution in [-0.2, 0) is 6.42 Å². The molecule has 22 heavy (non-hydrogen) atoms. The van der Waals surface area contributed by atoms with Crippen LogP contribution in [0.4, 0.5) is 0 Å². The standard InChI is InChI=1S/C20H16N2/c1-14-4-2-6-20-18(14)12-16(13-22-20)10-15-7-8-19-17(11-15)5-3-9-21-19/h2-9,11-13H,10H2,1H3. The van der Waals surface area contributed by atoms with Gasteiger partial charge in [0.25, 0.3) is 0 Å². The molecule has 2 nitrogen and oxygen atoms in total. The van der Waals surface area contributed by atoms with Gasteiger partial charge in [0, 0.05) is 23.2 Å². The van der Waals surface area contributed by atoms with Crippen LogP contribution in [0.2, 0.25) is 0 Å². The number of benzene rings is 2. The van der Waals surface area contributed by atoms with E-state index in [1.807, 2.05) is 18.5 Å². The Labute approximate surface area is 129 Å². The van der Waals surface area contributed by atoms with Gasteiger partial charge in [-0.05, 0) is 60.4 Å². The van der Waals surface area contributed by atoms with Gasteiger partial charge in [-0.2, -0.15) is 0 Å². The molecular weight excluding hydrogens is 268 g/mol. The van der Waals surface area contributed by atoms with E-state index in [9.17, 15) is 0 Å².